The zero-order chi connectivity index (χ0) is 14.7. The Labute approximate surface area is 120 Å². The van der Waals surface area contributed by atoms with E-state index in [9.17, 15) is 5.11 Å². The first-order valence-corrected chi connectivity index (χ1v) is 10.6. The van der Waals surface area contributed by atoms with Gasteiger partial charge in [-0.15, -0.1) is 0 Å². The highest BCUT2D eigenvalue weighted by molar-refractivity contribution is 6.74. The fourth-order valence-electron chi connectivity index (χ4n) is 2.53. The number of aliphatic hydroxyl groups is 1. The molecule has 0 spiro atoms. The molecule has 0 radical (unpaired) electrons. The van der Waals surface area contributed by atoms with Crippen molar-refractivity contribution in [3.63, 3.8) is 0 Å². The average molecular weight is 288 g/mol. The van der Waals surface area contributed by atoms with Crippen molar-refractivity contribution in [2.75, 3.05) is 26.3 Å². The quantitative estimate of drug-likeness (QED) is 0.762. The maximum absolute atomic E-state index is 9.32. The second-order valence-corrected chi connectivity index (χ2v) is 12.3. The van der Waals surface area contributed by atoms with Gasteiger partial charge in [0.1, 0.15) is 0 Å². The summed E-state index contributed by atoms with van der Waals surface area (Å²) < 4.78 is 6.25. The van der Waals surface area contributed by atoms with Crippen LogP contribution in [0.25, 0.3) is 0 Å². The molecule has 1 heterocycles. The summed E-state index contributed by atoms with van der Waals surface area (Å²) in [5.74, 6) is 0.385. The predicted octanol–water partition coefficient (Wildman–Crippen LogP) is 3.10. The van der Waals surface area contributed by atoms with Crippen molar-refractivity contribution in [3.05, 3.63) is 0 Å². The Morgan fingerprint density at radius 2 is 2.00 bits per heavy atom. The van der Waals surface area contributed by atoms with E-state index in [-0.39, 0.29) is 5.04 Å². The molecule has 1 unspecified atom stereocenters. The summed E-state index contributed by atoms with van der Waals surface area (Å²) in [4.78, 5) is 2.51. The summed E-state index contributed by atoms with van der Waals surface area (Å²) in [6.45, 7) is 16.9. The van der Waals surface area contributed by atoms with Crippen LogP contribution in [0.5, 0.6) is 0 Å². The molecular weight excluding hydrogens is 254 g/mol. The zero-order valence-electron chi connectivity index (χ0n) is 13.7. The van der Waals surface area contributed by atoms with Crippen LogP contribution in [0.1, 0.15) is 40.5 Å². The minimum absolute atomic E-state index is 0.288. The molecule has 0 bridgehead atoms. The molecule has 1 fully saturated rings. The zero-order valence-corrected chi connectivity index (χ0v) is 14.7. The molecule has 114 valence electrons. The minimum atomic E-state index is -1.61. The molecule has 19 heavy (non-hydrogen) atoms. The van der Waals surface area contributed by atoms with Crippen molar-refractivity contribution in [2.45, 2.75) is 64.7 Å². The Balaban J connectivity index is 2.41. The Hall–Kier alpha value is 0.0969. The molecule has 0 aromatic rings. The van der Waals surface area contributed by atoms with Crippen LogP contribution in [0.4, 0.5) is 0 Å². The van der Waals surface area contributed by atoms with E-state index in [0.29, 0.717) is 18.6 Å². The van der Waals surface area contributed by atoms with Gasteiger partial charge in [-0.25, -0.2) is 0 Å². The van der Waals surface area contributed by atoms with Gasteiger partial charge in [-0.3, -0.25) is 4.90 Å². The maximum Gasteiger partial charge on any atom is 0.192 e. The number of aliphatic hydroxyl groups excluding tert-OH is 1. The van der Waals surface area contributed by atoms with Crippen LogP contribution in [0.3, 0.4) is 0 Å². The number of rotatable bonds is 6. The van der Waals surface area contributed by atoms with Gasteiger partial charge in [-0.1, -0.05) is 27.7 Å². The predicted molar refractivity (Wildman–Crippen MR) is 84.0 cm³/mol. The van der Waals surface area contributed by atoms with E-state index in [4.69, 9.17) is 4.43 Å². The van der Waals surface area contributed by atoms with Gasteiger partial charge in [0.05, 0.1) is 0 Å². The second-order valence-electron chi connectivity index (χ2n) is 7.51. The molecule has 1 rings (SSSR count). The summed E-state index contributed by atoms with van der Waals surface area (Å²) in [6.07, 6.45) is 2.48. The fraction of sp³-hybridized carbons (Fsp3) is 1.00. The van der Waals surface area contributed by atoms with Crippen molar-refractivity contribution in [2.24, 2.45) is 5.92 Å². The first kappa shape index (κ1) is 17.1. The van der Waals surface area contributed by atoms with Crippen LogP contribution in [-0.4, -0.2) is 50.7 Å². The Kier molecular flexibility index (Phi) is 6.05. The van der Waals surface area contributed by atoms with Crippen LogP contribution in [-0.2, 0) is 4.43 Å². The monoisotopic (exact) mass is 287 g/mol. The molecule has 0 amide bonds. The highest BCUT2D eigenvalue weighted by atomic mass is 28.4. The molecule has 4 heteroatoms. The normalized spacial score (nSPS) is 23.8. The van der Waals surface area contributed by atoms with Crippen LogP contribution in [0.2, 0.25) is 18.1 Å². The standard InChI is InChI=1S/C15H33NO2Si/c1-13(12-17)14-8-7-9-16(14)10-11-18-19(5,6)15(2,3)4/h13-14,17H,7-12H2,1-6H3/t13-,14?/m1/s1. The van der Waals surface area contributed by atoms with E-state index in [1.807, 2.05) is 0 Å². The minimum Gasteiger partial charge on any atom is -0.416 e. The molecule has 0 aliphatic carbocycles. The van der Waals surface area contributed by atoms with Crippen molar-refractivity contribution < 1.29 is 9.53 Å². The Morgan fingerprint density at radius 3 is 2.53 bits per heavy atom. The third-order valence-electron chi connectivity index (χ3n) is 5.01. The lowest BCUT2D eigenvalue weighted by Crippen LogP contribution is -2.44. The molecule has 1 saturated heterocycles. The summed E-state index contributed by atoms with van der Waals surface area (Å²) >= 11 is 0. The fourth-order valence-corrected chi connectivity index (χ4v) is 3.56. The average Bonchev–Trinajstić information content (AvgIpc) is 2.74. The molecule has 1 aliphatic rings. The number of nitrogens with zero attached hydrogens (tertiary/aromatic N) is 1. The second kappa shape index (κ2) is 6.70. The molecule has 3 nitrogen and oxygen atoms in total. The van der Waals surface area contributed by atoms with Gasteiger partial charge < -0.3 is 9.53 Å². The van der Waals surface area contributed by atoms with E-state index >= 15 is 0 Å². The van der Waals surface area contributed by atoms with E-state index in [1.165, 1.54) is 12.8 Å². The van der Waals surface area contributed by atoms with E-state index in [2.05, 4.69) is 45.7 Å². The number of hydrogen-bond acceptors (Lipinski definition) is 3. The molecule has 0 aromatic carbocycles. The SMILES string of the molecule is C[C@H](CO)C1CCCN1CCO[Si](C)(C)C(C)(C)C. The Bertz CT molecular complexity index is 276. The van der Waals surface area contributed by atoms with Gasteiger partial charge in [0.15, 0.2) is 8.32 Å². The van der Waals surface area contributed by atoms with Gasteiger partial charge in [0, 0.05) is 25.8 Å². The van der Waals surface area contributed by atoms with Crippen molar-refractivity contribution >= 4 is 8.32 Å². The third-order valence-corrected chi connectivity index (χ3v) is 9.54. The first-order valence-electron chi connectivity index (χ1n) is 7.68. The van der Waals surface area contributed by atoms with E-state index < -0.39 is 8.32 Å². The van der Waals surface area contributed by atoms with Gasteiger partial charge in [0.25, 0.3) is 0 Å². The third kappa shape index (κ3) is 4.55. The van der Waals surface area contributed by atoms with E-state index in [1.54, 1.807) is 0 Å². The van der Waals surface area contributed by atoms with Crippen LogP contribution in [0, 0.1) is 5.92 Å². The largest absolute Gasteiger partial charge is 0.416 e. The summed E-state index contributed by atoms with van der Waals surface area (Å²) in [5.41, 5.74) is 0. The molecule has 1 N–H and O–H groups in total. The summed E-state index contributed by atoms with van der Waals surface area (Å²) in [6, 6.07) is 0.549. The highest BCUT2D eigenvalue weighted by Crippen LogP contribution is 2.36. The van der Waals surface area contributed by atoms with Crippen molar-refractivity contribution in [1.82, 2.24) is 4.90 Å². The number of hydrogen-bond donors (Lipinski definition) is 1. The van der Waals surface area contributed by atoms with Crippen molar-refractivity contribution in [1.29, 1.82) is 0 Å². The van der Waals surface area contributed by atoms with Gasteiger partial charge in [-0.05, 0) is 43.4 Å². The van der Waals surface area contributed by atoms with Crippen LogP contribution in [0.15, 0.2) is 0 Å². The van der Waals surface area contributed by atoms with Crippen LogP contribution < -0.4 is 0 Å². The molecule has 0 saturated carbocycles. The molecule has 2 atom stereocenters. The van der Waals surface area contributed by atoms with Gasteiger partial charge >= 0.3 is 0 Å². The first-order chi connectivity index (χ1) is 8.69. The maximum atomic E-state index is 9.32. The molecule has 0 aromatic heterocycles. The van der Waals surface area contributed by atoms with Crippen LogP contribution >= 0.6 is 0 Å². The smallest absolute Gasteiger partial charge is 0.192 e. The summed E-state index contributed by atoms with van der Waals surface area (Å²) in [5, 5.41) is 9.61. The highest BCUT2D eigenvalue weighted by Gasteiger charge is 2.37. The lowest BCUT2D eigenvalue weighted by atomic mass is 10.0. The van der Waals surface area contributed by atoms with Gasteiger partial charge in [0.2, 0.25) is 0 Å². The number of likely N-dealkylation sites (tertiary alicyclic amines) is 1. The van der Waals surface area contributed by atoms with Crippen molar-refractivity contribution in [3.8, 4) is 0 Å². The topological polar surface area (TPSA) is 32.7 Å². The van der Waals surface area contributed by atoms with Gasteiger partial charge in [-0.2, -0.15) is 0 Å². The lowest BCUT2D eigenvalue weighted by molar-refractivity contribution is 0.120. The lowest BCUT2D eigenvalue weighted by Gasteiger charge is -2.37. The summed E-state index contributed by atoms with van der Waals surface area (Å²) in [7, 11) is -1.61. The molecular formula is C15H33NO2Si. The molecule has 1 aliphatic heterocycles. The Morgan fingerprint density at radius 1 is 1.37 bits per heavy atom. The van der Waals surface area contributed by atoms with E-state index in [0.717, 1.165) is 19.7 Å².